The van der Waals surface area contributed by atoms with Crippen molar-refractivity contribution < 1.29 is 28.0 Å². The van der Waals surface area contributed by atoms with Gasteiger partial charge in [0, 0.05) is 27.7 Å². The molecule has 4 aromatic rings. The third kappa shape index (κ3) is 5.10. The first-order valence-electron chi connectivity index (χ1n) is 11.7. The van der Waals surface area contributed by atoms with Crippen LogP contribution >= 0.6 is 34.5 Å². The Morgan fingerprint density at radius 2 is 1.73 bits per heavy atom. The van der Waals surface area contributed by atoms with E-state index < -0.39 is 38.3 Å². The molecular formula is C27H17Cl2N3O7S2. The van der Waals surface area contributed by atoms with Gasteiger partial charge >= 0.3 is 0 Å². The molecule has 10 nitrogen and oxygen atoms in total. The van der Waals surface area contributed by atoms with Crippen molar-refractivity contribution in [2.24, 2.45) is 0 Å². The second kappa shape index (κ2) is 10.7. The average molecular weight is 630 g/mol. The standard InChI is InChI=1S/C27H17Cl2N3O7S2/c1-14-2-4-15(5-3-14)24(33)22-23(19-11-6-16(28)12-20(19)29)31(26(35)25(22)34)27-30-13-21(40-27)41(38,39)18-9-7-17(8-10-18)32(36)37/h2-13,23,34H,1H3. The number of rotatable bonds is 7. The number of sulfone groups is 1. The highest BCUT2D eigenvalue weighted by molar-refractivity contribution is 7.93. The molecule has 0 fully saturated rings. The van der Waals surface area contributed by atoms with Crippen LogP contribution in [0.5, 0.6) is 0 Å². The van der Waals surface area contributed by atoms with Crippen LogP contribution in [-0.4, -0.2) is 35.1 Å². The number of carbonyl (C=O) groups excluding carboxylic acids is 2. The Hall–Kier alpha value is -4.10. The number of hydrogen-bond acceptors (Lipinski definition) is 9. The molecule has 0 saturated carbocycles. The Morgan fingerprint density at radius 3 is 2.34 bits per heavy atom. The quantitative estimate of drug-likeness (QED) is 0.143. The highest BCUT2D eigenvalue weighted by Crippen LogP contribution is 2.46. The van der Waals surface area contributed by atoms with Crippen molar-refractivity contribution in [1.82, 2.24) is 4.98 Å². The Bertz CT molecular complexity index is 1870. The van der Waals surface area contributed by atoms with Gasteiger partial charge < -0.3 is 5.11 Å². The van der Waals surface area contributed by atoms with Crippen LogP contribution in [0.4, 0.5) is 10.8 Å². The fourth-order valence-corrected chi connectivity index (χ4v) is 7.32. The van der Waals surface area contributed by atoms with Crippen LogP contribution < -0.4 is 4.90 Å². The van der Waals surface area contributed by atoms with Gasteiger partial charge in [-0.2, -0.15) is 0 Å². The number of ketones is 1. The number of aliphatic hydroxyl groups excluding tert-OH is 1. The molecule has 0 spiro atoms. The smallest absolute Gasteiger partial charge is 0.296 e. The van der Waals surface area contributed by atoms with Crippen molar-refractivity contribution in [3.63, 3.8) is 0 Å². The van der Waals surface area contributed by atoms with Crippen LogP contribution in [-0.2, 0) is 14.6 Å². The molecule has 0 aliphatic carbocycles. The number of hydrogen-bond donors (Lipinski definition) is 1. The minimum absolute atomic E-state index is 0.0967. The Kier molecular flexibility index (Phi) is 7.43. The zero-order valence-electron chi connectivity index (χ0n) is 20.8. The molecule has 14 heteroatoms. The molecule has 0 saturated heterocycles. The van der Waals surface area contributed by atoms with E-state index in [1.54, 1.807) is 24.3 Å². The minimum atomic E-state index is -4.19. The van der Waals surface area contributed by atoms with E-state index in [0.29, 0.717) is 16.4 Å². The summed E-state index contributed by atoms with van der Waals surface area (Å²) in [7, 11) is -4.19. The van der Waals surface area contributed by atoms with Crippen LogP contribution in [0.3, 0.4) is 0 Å². The van der Waals surface area contributed by atoms with Gasteiger partial charge in [0.25, 0.3) is 11.6 Å². The summed E-state index contributed by atoms with van der Waals surface area (Å²) >= 11 is 13.2. The number of thiazole rings is 1. The molecule has 3 aromatic carbocycles. The second-order valence-electron chi connectivity index (χ2n) is 8.92. The van der Waals surface area contributed by atoms with Crippen molar-refractivity contribution in [3.8, 4) is 0 Å². The summed E-state index contributed by atoms with van der Waals surface area (Å²) in [5.41, 5.74) is 0.803. The van der Waals surface area contributed by atoms with Crippen molar-refractivity contribution in [3.05, 3.63) is 121 Å². The number of anilines is 1. The maximum absolute atomic E-state index is 13.7. The van der Waals surface area contributed by atoms with E-state index in [2.05, 4.69) is 4.98 Å². The fourth-order valence-electron chi connectivity index (χ4n) is 4.26. The maximum atomic E-state index is 13.7. The van der Waals surface area contributed by atoms with Gasteiger partial charge in [0.1, 0.15) is 4.21 Å². The number of nitrogens with zero attached hydrogens (tertiary/aromatic N) is 3. The first kappa shape index (κ1) is 28.4. The van der Waals surface area contributed by atoms with E-state index >= 15 is 0 Å². The zero-order chi connectivity index (χ0) is 29.6. The highest BCUT2D eigenvalue weighted by atomic mass is 35.5. The van der Waals surface area contributed by atoms with Gasteiger partial charge in [-0.15, -0.1) is 0 Å². The molecule has 5 rings (SSSR count). The number of nitro benzene ring substituents is 1. The van der Waals surface area contributed by atoms with Gasteiger partial charge in [-0.05, 0) is 36.8 Å². The number of non-ortho nitro benzene ring substituents is 1. The van der Waals surface area contributed by atoms with Crippen molar-refractivity contribution >= 4 is 66.9 Å². The number of Topliss-reactive ketones (excluding diaryl/α,β-unsaturated/α-hetero) is 1. The summed E-state index contributed by atoms with van der Waals surface area (Å²) in [6.45, 7) is 1.84. The number of benzene rings is 3. The van der Waals surface area contributed by atoms with E-state index in [1.807, 2.05) is 6.92 Å². The summed E-state index contributed by atoms with van der Waals surface area (Å²) in [6.07, 6.45) is 1.03. The summed E-state index contributed by atoms with van der Waals surface area (Å²) < 4.78 is 26.3. The third-order valence-electron chi connectivity index (χ3n) is 6.32. The van der Waals surface area contributed by atoms with Crippen LogP contribution in [0.2, 0.25) is 10.0 Å². The van der Waals surface area contributed by atoms with E-state index in [1.165, 1.54) is 18.2 Å². The van der Waals surface area contributed by atoms with Crippen molar-refractivity contribution in [2.45, 2.75) is 22.1 Å². The van der Waals surface area contributed by atoms with E-state index in [9.17, 15) is 33.2 Å². The number of carbonyl (C=O) groups is 2. The molecule has 1 N–H and O–H groups in total. The Morgan fingerprint density at radius 1 is 1.07 bits per heavy atom. The number of aromatic nitrogens is 1. The predicted octanol–water partition coefficient (Wildman–Crippen LogP) is 6.28. The van der Waals surface area contributed by atoms with Crippen LogP contribution in [0, 0.1) is 17.0 Å². The van der Waals surface area contributed by atoms with Gasteiger partial charge in [-0.3, -0.25) is 24.6 Å². The number of aryl methyl sites for hydroxylation is 1. The molecule has 41 heavy (non-hydrogen) atoms. The van der Waals surface area contributed by atoms with Gasteiger partial charge in [0.15, 0.2) is 16.7 Å². The maximum Gasteiger partial charge on any atom is 0.296 e. The molecule has 1 aliphatic heterocycles. The number of halogens is 2. The largest absolute Gasteiger partial charge is 0.503 e. The lowest BCUT2D eigenvalue weighted by Crippen LogP contribution is -2.31. The average Bonchev–Trinajstić information content (AvgIpc) is 3.52. The molecule has 1 unspecified atom stereocenters. The molecule has 1 aromatic heterocycles. The van der Waals surface area contributed by atoms with E-state index in [-0.39, 0.29) is 41.6 Å². The second-order valence-corrected chi connectivity index (χ2v) is 12.9. The first-order chi connectivity index (χ1) is 19.4. The van der Waals surface area contributed by atoms with Gasteiger partial charge in [-0.1, -0.05) is 70.4 Å². The normalized spacial score (nSPS) is 15.4. The summed E-state index contributed by atoms with van der Waals surface area (Å²) in [5, 5.41) is 22.2. The van der Waals surface area contributed by atoms with E-state index in [4.69, 9.17) is 23.2 Å². The first-order valence-corrected chi connectivity index (χ1v) is 14.7. The number of nitro groups is 1. The van der Waals surface area contributed by atoms with Gasteiger partial charge in [0.05, 0.1) is 27.6 Å². The Labute approximate surface area is 247 Å². The SMILES string of the molecule is Cc1ccc(C(=O)C2=C(O)C(=O)N(c3ncc(S(=O)(=O)c4ccc([N+](=O)[O-])cc4)s3)C2c2ccc(Cl)cc2Cl)cc1. The summed E-state index contributed by atoms with van der Waals surface area (Å²) in [6, 6.07) is 14.0. The van der Waals surface area contributed by atoms with Crippen molar-refractivity contribution in [1.29, 1.82) is 0 Å². The molecule has 1 amide bonds. The molecule has 2 heterocycles. The summed E-state index contributed by atoms with van der Waals surface area (Å²) in [5.74, 6) is -2.45. The molecule has 1 aliphatic rings. The topological polar surface area (TPSA) is 148 Å². The van der Waals surface area contributed by atoms with Gasteiger partial charge in [0.2, 0.25) is 9.84 Å². The Balaban J connectivity index is 1.61. The highest BCUT2D eigenvalue weighted by Gasteiger charge is 2.47. The number of amides is 1. The van der Waals surface area contributed by atoms with E-state index in [0.717, 1.165) is 40.9 Å². The monoisotopic (exact) mass is 629 g/mol. The predicted molar refractivity (Wildman–Crippen MR) is 153 cm³/mol. The van der Waals surface area contributed by atoms with Crippen LogP contribution in [0.15, 0.2) is 93.4 Å². The molecular weight excluding hydrogens is 613 g/mol. The lowest BCUT2D eigenvalue weighted by Gasteiger charge is -2.25. The van der Waals surface area contributed by atoms with Gasteiger partial charge in [-0.25, -0.2) is 13.4 Å². The minimum Gasteiger partial charge on any atom is -0.503 e. The fraction of sp³-hybridized carbons (Fsp3) is 0.0741. The lowest BCUT2D eigenvalue weighted by molar-refractivity contribution is -0.384. The van der Waals surface area contributed by atoms with Crippen LogP contribution in [0.1, 0.15) is 27.5 Å². The summed E-state index contributed by atoms with van der Waals surface area (Å²) in [4.78, 5) is 42.3. The number of aliphatic hydroxyl groups is 1. The third-order valence-corrected chi connectivity index (χ3v) is 10.1. The zero-order valence-corrected chi connectivity index (χ0v) is 24.0. The van der Waals surface area contributed by atoms with Crippen LogP contribution in [0.25, 0.3) is 0 Å². The molecule has 0 radical (unpaired) electrons. The molecule has 1 atom stereocenters. The molecule has 208 valence electrons. The lowest BCUT2D eigenvalue weighted by atomic mass is 9.92. The molecule has 0 bridgehead atoms. The van der Waals surface area contributed by atoms with Crippen molar-refractivity contribution in [2.75, 3.05) is 4.90 Å².